The molecule has 7 aromatic rings. The van der Waals surface area contributed by atoms with E-state index in [0.717, 1.165) is 37.9 Å². The molecule has 46 heavy (non-hydrogen) atoms. The fourth-order valence-electron chi connectivity index (χ4n) is 7.04. The molecule has 2 nitrogen and oxygen atoms in total. The van der Waals surface area contributed by atoms with Gasteiger partial charge in [-0.15, -0.1) is 0 Å². The van der Waals surface area contributed by atoms with Crippen molar-refractivity contribution >= 4 is 38.9 Å². The SMILES string of the molecule is CCCc1ccc(N(c2ccccc2)c2ccc3c(c2)c2ccccc2n3CC)cc1Cc1cc(Cc2ccccc2)ccc1C. The number of rotatable bonds is 10. The van der Waals surface area contributed by atoms with E-state index in [-0.39, 0.29) is 0 Å². The molecule has 1 aromatic heterocycles. The van der Waals surface area contributed by atoms with Crippen molar-refractivity contribution in [1.29, 1.82) is 0 Å². The Hall–Kier alpha value is -5.08. The van der Waals surface area contributed by atoms with Crippen LogP contribution in [0.15, 0.2) is 140 Å². The number of hydrogen-bond acceptors (Lipinski definition) is 1. The number of anilines is 3. The Bertz CT molecular complexity index is 2100. The van der Waals surface area contributed by atoms with Gasteiger partial charge in [0.25, 0.3) is 0 Å². The van der Waals surface area contributed by atoms with E-state index in [1.165, 1.54) is 66.6 Å². The van der Waals surface area contributed by atoms with Crippen LogP contribution in [0.4, 0.5) is 17.1 Å². The summed E-state index contributed by atoms with van der Waals surface area (Å²) in [7, 11) is 0. The van der Waals surface area contributed by atoms with E-state index in [4.69, 9.17) is 0 Å². The van der Waals surface area contributed by atoms with Crippen LogP contribution in [0.2, 0.25) is 0 Å². The topological polar surface area (TPSA) is 8.17 Å². The van der Waals surface area contributed by atoms with Gasteiger partial charge in [0, 0.05) is 45.4 Å². The molecule has 0 aliphatic heterocycles. The van der Waals surface area contributed by atoms with Crippen molar-refractivity contribution in [3.8, 4) is 0 Å². The summed E-state index contributed by atoms with van der Waals surface area (Å²) < 4.78 is 2.42. The molecule has 1 heterocycles. The van der Waals surface area contributed by atoms with Crippen molar-refractivity contribution in [3.05, 3.63) is 173 Å². The summed E-state index contributed by atoms with van der Waals surface area (Å²) in [5, 5.41) is 2.60. The number of aryl methyl sites for hydroxylation is 3. The molecule has 0 aliphatic carbocycles. The minimum absolute atomic E-state index is 0.920. The quantitative estimate of drug-likeness (QED) is 0.152. The second-order valence-corrected chi connectivity index (χ2v) is 12.4. The highest BCUT2D eigenvalue weighted by Crippen LogP contribution is 2.39. The van der Waals surface area contributed by atoms with E-state index in [1.807, 2.05) is 0 Å². The highest BCUT2D eigenvalue weighted by atomic mass is 15.1. The molecular formula is C44H42N2. The van der Waals surface area contributed by atoms with E-state index in [9.17, 15) is 0 Å². The van der Waals surface area contributed by atoms with Crippen molar-refractivity contribution in [2.45, 2.75) is 53.0 Å². The summed E-state index contributed by atoms with van der Waals surface area (Å²) in [5.41, 5.74) is 14.4. The monoisotopic (exact) mass is 598 g/mol. The van der Waals surface area contributed by atoms with Crippen LogP contribution in [-0.2, 0) is 25.8 Å². The normalized spacial score (nSPS) is 11.4. The molecule has 228 valence electrons. The van der Waals surface area contributed by atoms with Gasteiger partial charge in [-0.05, 0) is 115 Å². The highest BCUT2D eigenvalue weighted by molar-refractivity contribution is 6.09. The van der Waals surface area contributed by atoms with Crippen LogP contribution in [0, 0.1) is 6.92 Å². The summed E-state index contributed by atoms with van der Waals surface area (Å²) in [4.78, 5) is 2.43. The lowest BCUT2D eigenvalue weighted by Gasteiger charge is -2.27. The minimum Gasteiger partial charge on any atom is -0.341 e. The third-order valence-electron chi connectivity index (χ3n) is 9.36. The maximum atomic E-state index is 2.45. The van der Waals surface area contributed by atoms with E-state index in [0.29, 0.717) is 0 Å². The van der Waals surface area contributed by atoms with E-state index in [2.05, 4.69) is 170 Å². The molecule has 0 spiro atoms. The smallest absolute Gasteiger partial charge is 0.0492 e. The molecule has 0 aliphatic rings. The van der Waals surface area contributed by atoms with Gasteiger partial charge in [0.05, 0.1) is 0 Å². The zero-order chi connectivity index (χ0) is 31.5. The number of fused-ring (bicyclic) bond motifs is 3. The second-order valence-electron chi connectivity index (χ2n) is 12.4. The minimum atomic E-state index is 0.920. The lowest BCUT2D eigenvalue weighted by molar-refractivity contribution is 0.827. The fourth-order valence-corrected chi connectivity index (χ4v) is 7.04. The Labute approximate surface area is 273 Å². The molecule has 0 saturated carbocycles. The lowest BCUT2D eigenvalue weighted by Crippen LogP contribution is -2.11. The Morgan fingerprint density at radius 3 is 1.98 bits per heavy atom. The van der Waals surface area contributed by atoms with Crippen molar-refractivity contribution in [1.82, 2.24) is 4.57 Å². The standard InChI is InChI=1S/C44H42N2/c1-4-14-35-23-24-39(30-37(35)29-36-28-34(22-21-32(36)3)27-33-15-8-6-9-16-33)46(38-17-10-7-11-18-38)40-25-26-44-42(31-40)41-19-12-13-20-43(41)45(44)5-2/h6-13,15-26,28,30-31H,4-5,14,27,29H2,1-3H3. The summed E-state index contributed by atoms with van der Waals surface area (Å²) in [6, 6.07) is 51.5. The van der Waals surface area contributed by atoms with Gasteiger partial charge in [-0.25, -0.2) is 0 Å². The van der Waals surface area contributed by atoms with Gasteiger partial charge in [0.1, 0.15) is 0 Å². The summed E-state index contributed by atoms with van der Waals surface area (Å²) in [6.07, 6.45) is 4.07. The molecule has 7 rings (SSSR count). The summed E-state index contributed by atoms with van der Waals surface area (Å²) in [6.45, 7) is 7.71. The van der Waals surface area contributed by atoms with Crippen LogP contribution < -0.4 is 4.90 Å². The van der Waals surface area contributed by atoms with E-state index in [1.54, 1.807) is 0 Å². The van der Waals surface area contributed by atoms with Gasteiger partial charge in [0.15, 0.2) is 0 Å². The molecule has 0 bridgehead atoms. The molecule has 0 saturated heterocycles. The first kappa shape index (κ1) is 29.6. The fraction of sp³-hybridized carbons (Fsp3) is 0.182. The Morgan fingerprint density at radius 2 is 1.20 bits per heavy atom. The van der Waals surface area contributed by atoms with E-state index < -0.39 is 0 Å². The van der Waals surface area contributed by atoms with E-state index >= 15 is 0 Å². The molecule has 0 atom stereocenters. The third kappa shape index (κ3) is 5.84. The second kappa shape index (κ2) is 13.1. The van der Waals surface area contributed by atoms with Gasteiger partial charge < -0.3 is 9.47 Å². The lowest BCUT2D eigenvalue weighted by atomic mass is 9.92. The first-order valence-electron chi connectivity index (χ1n) is 16.7. The predicted octanol–water partition coefficient (Wildman–Crippen LogP) is 11.7. The van der Waals surface area contributed by atoms with Crippen LogP contribution in [0.1, 0.15) is 53.6 Å². The Balaban J connectivity index is 1.33. The molecule has 6 aromatic carbocycles. The zero-order valence-electron chi connectivity index (χ0n) is 27.2. The maximum Gasteiger partial charge on any atom is 0.0492 e. The van der Waals surface area contributed by atoms with Gasteiger partial charge in [-0.2, -0.15) is 0 Å². The molecule has 0 radical (unpaired) electrons. The highest BCUT2D eigenvalue weighted by Gasteiger charge is 2.18. The van der Waals surface area contributed by atoms with Crippen LogP contribution >= 0.6 is 0 Å². The van der Waals surface area contributed by atoms with Crippen molar-refractivity contribution in [2.24, 2.45) is 0 Å². The summed E-state index contributed by atoms with van der Waals surface area (Å²) in [5.74, 6) is 0. The largest absolute Gasteiger partial charge is 0.341 e. The van der Waals surface area contributed by atoms with Crippen molar-refractivity contribution in [2.75, 3.05) is 4.90 Å². The first-order valence-corrected chi connectivity index (χ1v) is 16.7. The van der Waals surface area contributed by atoms with Gasteiger partial charge in [-0.3, -0.25) is 0 Å². The predicted molar refractivity (Wildman–Crippen MR) is 197 cm³/mol. The first-order chi connectivity index (χ1) is 22.6. The number of benzene rings is 6. The van der Waals surface area contributed by atoms with Gasteiger partial charge >= 0.3 is 0 Å². The van der Waals surface area contributed by atoms with Crippen molar-refractivity contribution in [3.63, 3.8) is 0 Å². The number of nitrogens with zero attached hydrogens (tertiary/aromatic N) is 2. The van der Waals surface area contributed by atoms with Crippen LogP contribution in [0.25, 0.3) is 21.8 Å². The molecule has 0 fully saturated rings. The molecule has 2 heteroatoms. The van der Waals surface area contributed by atoms with Gasteiger partial charge in [0.2, 0.25) is 0 Å². The molecular weight excluding hydrogens is 556 g/mol. The molecule has 0 amide bonds. The average Bonchev–Trinajstić information content (AvgIpc) is 3.41. The Morgan fingerprint density at radius 1 is 0.500 bits per heavy atom. The number of aromatic nitrogens is 1. The van der Waals surface area contributed by atoms with Crippen molar-refractivity contribution < 1.29 is 0 Å². The molecule has 0 N–H and O–H groups in total. The van der Waals surface area contributed by atoms with Crippen LogP contribution in [-0.4, -0.2) is 4.57 Å². The van der Waals surface area contributed by atoms with Gasteiger partial charge in [-0.1, -0.05) is 104 Å². The number of hydrogen-bond donors (Lipinski definition) is 0. The number of para-hydroxylation sites is 2. The van der Waals surface area contributed by atoms with Crippen LogP contribution in [0.5, 0.6) is 0 Å². The maximum absolute atomic E-state index is 2.45. The summed E-state index contributed by atoms with van der Waals surface area (Å²) >= 11 is 0. The van der Waals surface area contributed by atoms with Crippen LogP contribution in [0.3, 0.4) is 0 Å². The zero-order valence-corrected chi connectivity index (χ0v) is 27.2. The molecule has 0 unspecified atom stereocenters. The third-order valence-corrected chi connectivity index (χ3v) is 9.36. The average molecular weight is 599 g/mol. The Kier molecular flexibility index (Phi) is 8.44.